The first-order valence-corrected chi connectivity index (χ1v) is 22.5. The van der Waals surface area contributed by atoms with Gasteiger partial charge in [0.1, 0.15) is 0 Å². The Hall–Kier alpha value is -7.57. The van der Waals surface area contributed by atoms with Crippen molar-refractivity contribution in [2.75, 3.05) is 0 Å². The number of hydrogen-bond donors (Lipinski definition) is 0. The van der Waals surface area contributed by atoms with Crippen LogP contribution in [0.25, 0.3) is 129 Å². The highest BCUT2D eigenvalue weighted by atomic mass is 32.1. The van der Waals surface area contributed by atoms with Gasteiger partial charge in [0.2, 0.25) is 0 Å². The molecule has 0 aliphatic carbocycles. The summed E-state index contributed by atoms with van der Waals surface area (Å²) in [6, 6.07) is 71.8. The molecule has 0 aliphatic rings. The molecule has 4 aromatic heterocycles. The lowest BCUT2D eigenvalue weighted by atomic mass is 9.95. The molecule has 0 N–H and O–H groups in total. The van der Waals surface area contributed by atoms with Gasteiger partial charge in [-0.1, -0.05) is 158 Å². The van der Waals surface area contributed by atoms with Crippen molar-refractivity contribution in [2.45, 2.75) is 0 Å². The average Bonchev–Trinajstić information content (AvgIpc) is 3.92. The molecule has 62 heavy (non-hydrogen) atoms. The summed E-state index contributed by atoms with van der Waals surface area (Å²) < 4.78 is 5.11. The van der Waals surface area contributed by atoms with Crippen molar-refractivity contribution in [3.63, 3.8) is 0 Å². The summed E-state index contributed by atoms with van der Waals surface area (Å²) in [7, 11) is 0. The quantitative estimate of drug-likeness (QED) is 0.162. The molecule has 0 spiro atoms. The zero-order chi connectivity index (χ0) is 40.7. The van der Waals surface area contributed by atoms with E-state index in [4.69, 9.17) is 15.0 Å². The van der Waals surface area contributed by atoms with Gasteiger partial charge in [-0.25, -0.2) is 15.0 Å². The molecule has 4 heterocycles. The molecule has 0 amide bonds. The monoisotopic (exact) mass is 823 g/mol. The Balaban J connectivity index is 0.924. The van der Waals surface area contributed by atoms with E-state index < -0.39 is 0 Å². The number of nitrogens with zero attached hydrogens (tertiary/aromatic N) is 3. The minimum Gasteiger partial charge on any atom is -0.247 e. The molecule has 0 unspecified atom stereocenters. The third kappa shape index (κ3) is 5.67. The van der Waals surface area contributed by atoms with Gasteiger partial charge in [0, 0.05) is 78.8 Å². The van der Waals surface area contributed by atoms with Gasteiger partial charge in [0.15, 0.2) is 5.82 Å². The van der Waals surface area contributed by atoms with Crippen LogP contribution in [-0.2, 0) is 0 Å². The zero-order valence-corrected chi connectivity index (χ0v) is 34.8. The third-order valence-electron chi connectivity index (χ3n) is 12.3. The number of hydrogen-bond acceptors (Lipinski definition) is 5. The lowest BCUT2D eigenvalue weighted by Gasteiger charge is -2.12. The number of benzene rings is 9. The summed E-state index contributed by atoms with van der Waals surface area (Å²) in [6.07, 6.45) is 0. The van der Waals surface area contributed by atoms with Crippen LogP contribution in [0.1, 0.15) is 0 Å². The highest BCUT2D eigenvalue weighted by Crippen LogP contribution is 2.45. The van der Waals surface area contributed by atoms with E-state index in [-0.39, 0.29) is 0 Å². The smallest absolute Gasteiger partial charge is 0.160 e. The Morgan fingerprint density at radius 3 is 1.74 bits per heavy atom. The van der Waals surface area contributed by atoms with Crippen molar-refractivity contribution in [1.29, 1.82) is 0 Å². The molecule has 0 fully saturated rings. The van der Waals surface area contributed by atoms with E-state index in [1.807, 2.05) is 40.9 Å². The first-order valence-electron chi connectivity index (χ1n) is 20.8. The van der Waals surface area contributed by atoms with Gasteiger partial charge in [-0.3, -0.25) is 0 Å². The van der Waals surface area contributed by atoms with Gasteiger partial charge in [0.05, 0.1) is 22.6 Å². The Labute approximate surface area is 364 Å². The van der Waals surface area contributed by atoms with E-state index in [0.717, 1.165) is 50.4 Å². The van der Waals surface area contributed by atoms with Crippen LogP contribution in [-0.4, -0.2) is 15.0 Å². The van der Waals surface area contributed by atoms with Crippen LogP contribution < -0.4 is 0 Å². The highest BCUT2D eigenvalue weighted by Gasteiger charge is 2.18. The van der Waals surface area contributed by atoms with Crippen molar-refractivity contribution in [1.82, 2.24) is 15.0 Å². The van der Waals surface area contributed by atoms with E-state index in [9.17, 15) is 0 Å². The number of aromatic nitrogens is 3. The lowest BCUT2D eigenvalue weighted by molar-refractivity contribution is 1.18. The molecule has 5 heteroatoms. The van der Waals surface area contributed by atoms with Crippen LogP contribution in [0.5, 0.6) is 0 Å². The first-order chi connectivity index (χ1) is 30.7. The molecule has 0 saturated carbocycles. The van der Waals surface area contributed by atoms with E-state index in [0.29, 0.717) is 5.82 Å². The molecule has 0 atom stereocenters. The van der Waals surface area contributed by atoms with Gasteiger partial charge in [-0.2, -0.15) is 0 Å². The molecule has 0 bridgehead atoms. The Morgan fingerprint density at radius 1 is 0.290 bits per heavy atom. The fraction of sp³-hybridized carbons (Fsp3) is 0. The summed E-state index contributed by atoms with van der Waals surface area (Å²) in [6.45, 7) is 0. The minimum absolute atomic E-state index is 0.713. The van der Waals surface area contributed by atoms with Crippen LogP contribution in [0.15, 0.2) is 200 Å². The zero-order valence-electron chi connectivity index (χ0n) is 33.2. The number of rotatable bonds is 5. The van der Waals surface area contributed by atoms with Gasteiger partial charge < -0.3 is 0 Å². The second-order valence-electron chi connectivity index (χ2n) is 15.9. The molecular formula is C57H33N3S2. The van der Waals surface area contributed by atoms with E-state index in [2.05, 4.69) is 182 Å². The van der Waals surface area contributed by atoms with Crippen LogP contribution in [0.3, 0.4) is 0 Å². The molecule has 13 rings (SSSR count). The van der Waals surface area contributed by atoms with Crippen molar-refractivity contribution < 1.29 is 0 Å². The van der Waals surface area contributed by atoms with Gasteiger partial charge in [0.25, 0.3) is 0 Å². The Kier molecular flexibility index (Phi) is 7.95. The normalized spacial score (nSPS) is 11.9. The Morgan fingerprint density at radius 2 is 0.903 bits per heavy atom. The summed E-state index contributed by atoms with van der Waals surface area (Å²) in [5, 5.41) is 11.3. The molecule has 0 saturated heterocycles. The lowest BCUT2D eigenvalue weighted by Crippen LogP contribution is -1.95. The molecule has 9 aromatic carbocycles. The highest BCUT2D eigenvalue weighted by molar-refractivity contribution is 7.26. The second kappa shape index (κ2) is 14.0. The van der Waals surface area contributed by atoms with E-state index >= 15 is 0 Å². The standard InChI is InChI=1S/C57H33N3S2/c1-3-12-37(13-4-1)56-44-27-30-51-55(54(44)42-17-9-10-18-46(42)58-56)45-31-39(25-28-49(45)61-51)34-19-21-36(22-20-34)47-33-48(60-57(59-47)38-14-5-2-6-15-38)40-23-26-43-52(32-40)62-50-29-24-35-11-7-8-16-41(35)53(43)50/h1-33H. The number of para-hydroxylation sites is 1. The third-order valence-corrected chi connectivity index (χ3v) is 14.5. The predicted octanol–water partition coefficient (Wildman–Crippen LogP) is 16.4. The van der Waals surface area contributed by atoms with Crippen LogP contribution in [0.2, 0.25) is 0 Å². The minimum atomic E-state index is 0.713. The van der Waals surface area contributed by atoms with Crippen LogP contribution in [0.4, 0.5) is 0 Å². The fourth-order valence-electron chi connectivity index (χ4n) is 9.30. The first kappa shape index (κ1) is 35.2. The summed E-state index contributed by atoms with van der Waals surface area (Å²) in [5.41, 5.74) is 10.4. The summed E-state index contributed by atoms with van der Waals surface area (Å²) >= 11 is 3.70. The maximum Gasteiger partial charge on any atom is 0.160 e. The number of thiophene rings is 2. The van der Waals surface area contributed by atoms with Crippen molar-refractivity contribution in [3.05, 3.63) is 200 Å². The van der Waals surface area contributed by atoms with E-state index in [1.54, 1.807) is 0 Å². The average molecular weight is 824 g/mol. The van der Waals surface area contributed by atoms with Crippen molar-refractivity contribution >= 4 is 95.5 Å². The summed E-state index contributed by atoms with van der Waals surface area (Å²) in [4.78, 5) is 15.6. The van der Waals surface area contributed by atoms with Gasteiger partial charge in [-0.15, -0.1) is 22.7 Å². The maximum absolute atomic E-state index is 5.21. The van der Waals surface area contributed by atoms with E-state index in [1.165, 1.54) is 72.8 Å². The van der Waals surface area contributed by atoms with Gasteiger partial charge >= 0.3 is 0 Å². The van der Waals surface area contributed by atoms with Gasteiger partial charge in [-0.05, 0) is 64.4 Å². The number of pyridine rings is 1. The maximum atomic E-state index is 5.21. The van der Waals surface area contributed by atoms with Crippen LogP contribution >= 0.6 is 22.7 Å². The molecular weight excluding hydrogens is 791 g/mol. The fourth-order valence-corrected chi connectivity index (χ4v) is 11.6. The van der Waals surface area contributed by atoms with Crippen LogP contribution in [0, 0.1) is 0 Å². The SMILES string of the molecule is c1ccc(-c2nc(-c3ccc(-c4ccc5sc6ccc7c(-c8ccccc8)nc8ccccc8c7c6c5c4)cc3)cc(-c3ccc4c(c3)sc3ccc5ccccc5c34)n2)cc1. The topological polar surface area (TPSA) is 38.7 Å². The predicted molar refractivity (Wildman–Crippen MR) is 265 cm³/mol. The second-order valence-corrected chi connectivity index (χ2v) is 18.1. The molecule has 0 radical (unpaired) electrons. The molecule has 3 nitrogen and oxygen atoms in total. The molecule has 13 aromatic rings. The Bertz CT molecular complexity index is 3910. The van der Waals surface area contributed by atoms with Crippen molar-refractivity contribution in [3.8, 4) is 56.3 Å². The molecule has 288 valence electrons. The summed E-state index contributed by atoms with van der Waals surface area (Å²) in [5.74, 6) is 0.713. The number of fused-ring (bicyclic) bond motifs is 12. The molecule has 0 aliphatic heterocycles. The largest absolute Gasteiger partial charge is 0.247 e. The van der Waals surface area contributed by atoms with Crippen molar-refractivity contribution in [2.24, 2.45) is 0 Å².